The Balaban J connectivity index is 2.01. The van der Waals surface area contributed by atoms with E-state index in [9.17, 15) is 0 Å². The number of aromatic nitrogens is 2. The molecule has 1 unspecified atom stereocenters. The Kier molecular flexibility index (Phi) is 2.61. The van der Waals surface area contributed by atoms with E-state index in [1.807, 2.05) is 24.7 Å². The summed E-state index contributed by atoms with van der Waals surface area (Å²) in [5.41, 5.74) is 10.6. The monoisotopic (exact) mass is 225 g/mol. The molecule has 0 aliphatic heterocycles. The standard InChI is InChI=1S/C14H15N3/c15-7-10-6-12(9-16-8-10)13-4-3-11-2-1-5-17-14(11)13/h1-2,5-6,8-9,13H,3-4,7,15H2. The van der Waals surface area contributed by atoms with Crippen LogP contribution in [-0.2, 0) is 13.0 Å². The van der Waals surface area contributed by atoms with Crippen molar-refractivity contribution in [1.29, 1.82) is 0 Å². The highest BCUT2D eigenvalue weighted by Gasteiger charge is 2.25. The van der Waals surface area contributed by atoms with Crippen molar-refractivity contribution in [2.24, 2.45) is 5.73 Å². The van der Waals surface area contributed by atoms with Crippen LogP contribution in [0.2, 0.25) is 0 Å². The molecule has 2 aromatic heterocycles. The summed E-state index contributed by atoms with van der Waals surface area (Å²) in [6.07, 6.45) is 7.88. The van der Waals surface area contributed by atoms with E-state index in [2.05, 4.69) is 22.1 Å². The molecule has 0 saturated heterocycles. The van der Waals surface area contributed by atoms with Gasteiger partial charge in [-0.3, -0.25) is 9.97 Å². The van der Waals surface area contributed by atoms with Crippen LogP contribution in [0, 0.1) is 0 Å². The number of aryl methyl sites for hydroxylation is 1. The van der Waals surface area contributed by atoms with Crippen LogP contribution in [0.1, 0.15) is 34.7 Å². The van der Waals surface area contributed by atoms with Crippen molar-refractivity contribution in [2.45, 2.75) is 25.3 Å². The fourth-order valence-electron chi connectivity index (χ4n) is 2.55. The zero-order valence-corrected chi connectivity index (χ0v) is 9.63. The van der Waals surface area contributed by atoms with Crippen LogP contribution < -0.4 is 5.73 Å². The molecule has 86 valence electrons. The maximum absolute atomic E-state index is 5.66. The van der Waals surface area contributed by atoms with Crippen LogP contribution in [0.15, 0.2) is 36.8 Å². The molecule has 0 amide bonds. The lowest BCUT2D eigenvalue weighted by Gasteiger charge is -2.11. The highest BCUT2D eigenvalue weighted by atomic mass is 14.7. The molecule has 17 heavy (non-hydrogen) atoms. The molecular formula is C14H15N3. The molecule has 1 atom stereocenters. The SMILES string of the molecule is NCc1cncc(C2CCc3cccnc32)c1. The van der Waals surface area contributed by atoms with Gasteiger partial charge in [0.2, 0.25) is 0 Å². The molecule has 0 aromatic carbocycles. The second kappa shape index (κ2) is 4.26. The van der Waals surface area contributed by atoms with Crippen molar-refractivity contribution >= 4 is 0 Å². The van der Waals surface area contributed by atoms with E-state index in [0.29, 0.717) is 12.5 Å². The third kappa shape index (κ3) is 1.83. The summed E-state index contributed by atoms with van der Waals surface area (Å²) in [5, 5.41) is 0. The first-order valence-electron chi connectivity index (χ1n) is 5.96. The fraction of sp³-hybridized carbons (Fsp3) is 0.286. The number of nitrogens with zero attached hydrogens (tertiary/aromatic N) is 2. The average Bonchev–Trinajstić information content (AvgIpc) is 2.82. The normalized spacial score (nSPS) is 18.1. The van der Waals surface area contributed by atoms with E-state index in [1.165, 1.54) is 16.8 Å². The molecule has 2 N–H and O–H groups in total. The first-order chi connectivity index (χ1) is 8.38. The summed E-state index contributed by atoms with van der Waals surface area (Å²) in [6.45, 7) is 0.544. The van der Waals surface area contributed by atoms with Gasteiger partial charge >= 0.3 is 0 Å². The number of pyridine rings is 2. The molecular weight excluding hydrogens is 210 g/mol. The van der Waals surface area contributed by atoms with E-state index in [0.717, 1.165) is 18.4 Å². The quantitative estimate of drug-likeness (QED) is 0.850. The van der Waals surface area contributed by atoms with E-state index in [4.69, 9.17) is 5.73 Å². The first-order valence-corrected chi connectivity index (χ1v) is 5.96. The van der Waals surface area contributed by atoms with Crippen molar-refractivity contribution in [3.05, 3.63) is 59.2 Å². The molecule has 0 radical (unpaired) electrons. The molecule has 3 heteroatoms. The lowest BCUT2D eigenvalue weighted by molar-refractivity contribution is 0.765. The predicted molar refractivity (Wildman–Crippen MR) is 66.5 cm³/mol. The van der Waals surface area contributed by atoms with Crippen LogP contribution in [0.4, 0.5) is 0 Å². The van der Waals surface area contributed by atoms with Crippen molar-refractivity contribution in [2.75, 3.05) is 0 Å². The molecule has 0 bridgehead atoms. The summed E-state index contributed by atoms with van der Waals surface area (Å²) in [7, 11) is 0. The second-order valence-electron chi connectivity index (χ2n) is 4.47. The molecule has 0 saturated carbocycles. The van der Waals surface area contributed by atoms with Crippen molar-refractivity contribution in [1.82, 2.24) is 9.97 Å². The Morgan fingerprint density at radius 3 is 3.18 bits per heavy atom. The van der Waals surface area contributed by atoms with E-state index in [1.54, 1.807) is 0 Å². The first kappa shape index (κ1) is 10.4. The minimum absolute atomic E-state index is 0.394. The van der Waals surface area contributed by atoms with E-state index in [-0.39, 0.29) is 0 Å². The highest BCUT2D eigenvalue weighted by molar-refractivity contribution is 5.37. The lowest BCUT2D eigenvalue weighted by Crippen LogP contribution is -2.03. The van der Waals surface area contributed by atoms with Gasteiger partial charge in [0.1, 0.15) is 0 Å². The van der Waals surface area contributed by atoms with Crippen molar-refractivity contribution < 1.29 is 0 Å². The maximum Gasteiger partial charge on any atom is 0.0510 e. The van der Waals surface area contributed by atoms with Crippen molar-refractivity contribution in [3.63, 3.8) is 0 Å². The van der Waals surface area contributed by atoms with Crippen LogP contribution in [0.5, 0.6) is 0 Å². The van der Waals surface area contributed by atoms with Crippen LogP contribution in [-0.4, -0.2) is 9.97 Å². The topological polar surface area (TPSA) is 51.8 Å². The average molecular weight is 225 g/mol. The lowest BCUT2D eigenvalue weighted by atomic mass is 9.97. The Hall–Kier alpha value is -1.74. The molecule has 1 aliphatic rings. The van der Waals surface area contributed by atoms with Gasteiger partial charge in [-0.15, -0.1) is 0 Å². The minimum atomic E-state index is 0.394. The molecule has 0 fully saturated rings. The zero-order chi connectivity index (χ0) is 11.7. The molecule has 2 aromatic rings. The van der Waals surface area contributed by atoms with Crippen LogP contribution in [0.3, 0.4) is 0 Å². The summed E-state index contributed by atoms with van der Waals surface area (Å²) in [6, 6.07) is 6.33. The Labute approximate surface area is 101 Å². The van der Waals surface area contributed by atoms with Crippen LogP contribution >= 0.6 is 0 Å². The third-order valence-electron chi connectivity index (χ3n) is 3.41. The number of hydrogen-bond acceptors (Lipinski definition) is 3. The van der Waals surface area contributed by atoms with Gasteiger partial charge in [0.05, 0.1) is 5.69 Å². The summed E-state index contributed by atoms with van der Waals surface area (Å²) >= 11 is 0. The maximum atomic E-state index is 5.66. The van der Waals surface area contributed by atoms with Crippen LogP contribution in [0.25, 0.3) is 0 Å². The van der Waals surface area contributed by atoms with Gasteiger partial charge in [-0.1, -0.05) is 12.1 Å². The predicted octanol–water partition coefficient (Wildman–Crippen LogP) is 2.01. The largest absolute Gasteiger partial charge is 0.326 e. The fourth-order valence-corrected chi connectivity index (χ4v) is 2.55. The van der Waals surface area contributed by atoms with E-state index >= 15 is 0 Å². The zero-order valence-electron chi connectivity index (χ0n) is 9.63. The Morgan fingerprint density at radius 2 is 2.29 bits per heavy atom. The number of hydrogen-bond donors (Lipinski definition) is 1. The minimum Gasteiger partial charge on any atom is -0.326 e. The number of fused-ring (bicyclic) bond motifs is 1. The van der Waals surface area contributed by atoms with Gasteiger partial charge in [0.15, 0.2) is 0 Å². The molecule has 3 rings (SSSR count). The van der Waals surface area contributed by atoms with Gasteiger partial charge in [0, 0.05) is 31.1 Å². The van der Waals surface area contributed by atoms with E-state index < -0.39 is 0 Å². The summed E-state index contributed by atoms with van der Waals surface area (Å²) in [5.74, 6) is 0.394. The smallest absolute Gasteiger partial charge is 0.0510 e. The van der Waals surface area contributed by atoms with Crippen molar-refractivity contribution in [3.8, 4) is 0 Å². The molecule has 2 heterocycles. The number of rotatable bonds is 2. The van der Waals surface area contributed by atoms with Gasteiger partial charge in [-0.25, -0.2) is 0 Å². The highest BCUT2D eigenvalue weighted by Crippen LogP contribution is 2.36. The molecule has 3 nitrogen and oxygen atoms in total. The second-order valence-corrected chi connectivity index (χ2v) is 4.47. The number of nitrogens with two attached hydrogens (primary N) is 1. The van der Waals surface area contributed by atoms with Gasteiger partial charge in [-0.05, 0) is 35.6 Å². The molecule has 1 aliphatic carbocycles. The summed E-state index contributed by atoms with van der Waals surface area (Å²) < 4.78 is 0. The van der Waals surface area contributed by atoms with Gasteiger partial charge in [-0.2, -0.15) is 0 Å². The van der Waals surface area contributed by atoms with Gasteiger partial charge in [0.25, 0.3) is 0 Å². The molecule has 0 spiro atoms. The Bertz CT molecular complexity index is 536. The summed E-state index contributed by atoms with van der Waals surface area (Å²) in [4.78, 5) is 8.78. The Morgan fingerprint density at radius 1 is 1.35 bits per heavy atom. The third-order valence-corrected chi connectivity index (χ3v) is 3.41. The van der Waals surface area contributed by atoms with Gasteiger partial charge < -0.3 is 5.73 Å².